The predicted octanol–water partition coefficient (Wildman–Crippen LogP) is 0.434. The molecule has 18 heavy (non-hydrogen) atoms. The van der Waals surface area contributed by atoms with Gasteiger partial charge in [-0.2, -0.15) is 15.2 Å². The number of nitrogens with zero attached hydrogens (tertiary/aromatic N) is 5. The third-order valence-corrected chi connectivity index (χ3v) is 2.61. The van der Waals surface area contributed by atoms with Crippen LogP contribution in [0.2, 0.25) is 0 Å². The van der Waals surface area contributed by atoms with E-state index in [1.54, 1.807) is 6.20 Å². The van der Waals surface area contributed by atoms with Crippen molar-refractivity contribution in [3.63, 3.8) is 0 Å². The van der Waals surface area contributed by atoms with E-state index in [0.29, 0.717) is 12.4 Å². The molecule has 0 aliphatic heterocycles. The minimum absolute atomic E-state index is 0.178. The normalized spacial score (nSPS) is 10.9. The summed E-state index contributed by atoms with van der Waals surface area (Å²) in [4.78, 5) is 8.09. The van der Waals surface area contributed by atoms with Crippen molar-refractivity contribution in [1.29, 1.82) is 0 Å². The number of fused-ring (bicyclic) bond motifs is 1. The number of anilines is 2. The lowest BCUT2D eigenvalue weighted by molar-refractivity contribution is 0.780. The molecule has 0 fully saturated rings. The third kappa shape index (κ3) is 1.71. The maximum absolute atomic E-state index is 5.87. The number of nitrogen functional groups attached to an aromatic ring is 2. The summed E-state index contributed by atoms with van der Waals surface area (Å²) in [6.45, 7) is 0.564. The highest BCUT2D eigenvalue weighted by Crippen LogP contribution is 2.20. The molecule has 0 aliphatic rings. The Morgan fingerprint density at radius 1 is 1.17 bits per heavy atom. The summed E-state index contributed by atoms with van der Waals surface area (Å²) in [7, 11) is 0. The fourth-order valence-electron chi connectivity index (χ4n) is 1.88. The first kappa shape index (κ1) is 10.5. The minimum atomic E-state index is 0.178. The summed E-state index contributed by atoms with van der Waals surface area (Å²) in [5.41, 5.74) is 13.7. The molecule has 7 nitrogen and oxygen atoms in total. The molecule has 0 atom stereocenters. The molecule has 7 heteroatoms. The van der Waals surface area contributed by atoms with E-state index < -0.39 is 0 Å². The van der Waals surface area contributed by atoms with Crippen molar-refractivity contribution in [1.82, 2.24) is 24.7 Å². The largest absolute Gasteiger partial charge is 0.382 e. The van der Waals surface area contributed by atoms with E-state index in [-0.39, 0.29) is 5.95 Å². The van der Waals surface area contributed by atoms with Gasteiger partial charge in [-0.3, -0.25) is 0 Å². The van der Waals surface area contributed by atoms with Crippen molar-refractivity contribution < 1.29 is 0 Å². The van der Waals surface area contributed by atoms with E-state index in [1.807, 2.05) is 29.0 Å². The Hall–Kier alpha value is -2.70. The molecule has 3 aromatic heterocycles. The Bertz CT molecular complexity index is 689. The highest BCUT2D eigenvalue weighted by atomic mass is 15.1. The van der Waals surface area contributed by atoms with Gasteiger partial charge in [0.05, 0.1) is 17.8 Å². The van der Waals surface area contributed by atoms with E-state index in [0.717, 1.165) is 16.7 Å². The summed E-state index contributed by atoms with van der Waals surface area (Å²) >= 11 is 0. The monoisotopic (exact) mass is 241 g/mol. The lowest BCUT2D eigenvalue weighted by atomic mass is 10.3. The van der Waals surface area contributed by atoms with Gasteiger partial charge in [-0.15, -0.1) is 0 Å². The number of aromatic nitrogens is 5. The fraction of sp³-hybridized carbons (Fsp3) is 0.0909. The zero-order chi connectivity index (χ0) is 12.5. The summed E-state index contributed by atoms with van der Waals surface area (Å²) in [6.07, 6.45) is 3.51. The second-order valence-corrected chi connectivity index (χ2v) is 3.86. The Labute approximate surface area is 102 Å². The minimum Gasteiger partial charge on any atom is -0.382 e. The van der Waals surface area contributed by atoms with Crippen LogP contribution in [0, 0.1) is 0 Å². The van der Waals surface area contributed by atoms with E-state index in [2.05, 4.69) is 20.2 Å². The van der Waals surface area contributed by atoms with Gasteiger partial charge in [0.2, 0.25) is 5.95 Å². The van der Waals surface area contributed by atoms with E-state index >= 15 is 0 Å². The molecular formula is C11H11N7. The van der Waals surface area contributed by atoms with Crippen LogP contribution in [0.15, 0.2) is 30.6 Å². The molecule has 3 heterocycles. The predicted molar refractivity (Wildman–Crippen MR) is 67.5 cm³/mol. The van der Waals surface area contributed by atoms with Crippen LogP contribution < -0.4 is 11.5 Å². The first-order chi connectivity index (χ1) is 8.74. The SMILES string of the molecule is Nc1nc(N)c2c(ccn2Cc2cccnn2)n1. The zero-order valence-electron chi connectivity index (χ0n) is 9.48. The Morgan fingerprint density at radius 2 is 2.06 bits per heavy atom. The van der Waals surface area contributed by atoms with Gasteiger partial charge in [-0.25, -0.2) is 4.98 Å². The molecular weight excluding hydrogens is 230 g/mol. The van der Waals surface area contributed by atoms with Crippen molar-refractivity contribution in [2.24, 2.45) is 0 Å². The highest BCUT2D eigenvalue weighted by Gasteiger charge is 2.09. The van der Waals surface area contributed by atoms with Gasteiger partial charge in [0, 0.05) is 12.4 Å². The maximum atomic E-state index is 5.87. The fourth-order valence-corrected chi connectivity index (χ4v) is 1.88. The maximum Gasteiger partial charge on any atom is 0.222 e. The van der Waals surface area contributed by atoms with Crippen LogP contribution in [0.1, 0.15) is 5.69 Å². The van der Waals surface area contributed by atoms with Crippen molar-refractivity contribution >= 4 is 22.8 Å². The van der Waals surface area contributed by atoms with Crippen molar-refractivity contribution in [3.05, 3.63) is 36.3 Å². The molecule has 3 rings (SSSR count). The molecule has 0 amide bonds. The molecule has 0 radical (unpaired) electrons. The molecule has 0 bridgehead atoms. The van der Waals surface area contributed by atoms with Crippen LogP contribution in [0.4, 0.5) is 11.8 Å². The van der Waals surface area contributed by atoms with E-state index in [1.165, 1.54) is 0 Å². The quantitative estimate of drug-likeness (QED) is 0.673. The standard InChI is InChI=1S/C11H11N7/c12-10-9-8(15-11(13)16-10)3-5-18(9)6-7-2-1-4-14-17-7/h1-5H,6H2,(H4,12,13,15,16). The van der Waals surface area contributed by atoms with Crippen molar-refractivity contribution in [3.8, 4) is 0 Å². The highest BCUT2D eigenvalue weighted by molar-refractivity contribution is 5.86. The van der Waals surface area contributed by atoms with Gasteiger partial charge in [-0.1, -0.05) is 0 Å². The van der Waals surface area contributed by atoms with Crippen LogP contribution in [0.25, 0.3) is 11.0 Å². The second kappa shape index (κ2) is 3.95. The first-order valence-corrected chi connectivity index (χ1v) is 5.38. The van der Waals surface area contributed by atoms with Crippen LogP contribution in [0.5, 0.6) is 0 Å². The van der Waals surface area contributed by atoms with Crippen molar-refractivity contribution in [2.45, 2.75) is 6.54 Å². The lowest BCUT2D eigenvalue weighted by Gasteiger charge is -2.05. The number of hydrogen-bond acceptors (Lipinski definition) is 6. The number of nitrogens with two attached hydrogens (primary N) is 2. The Morgan fingerprint density at radius 3 is 2.83 bits per heavy atom. The summed E-state index contributed by atoms with van der Waals surface area (Å²) in [5, 5.41) is 7.87. The van der Waals surface area contributed by atoms with Crippen LogP contribution in [-0.4, -0.2) is 24.7 Å². The first-order valence-electron chi connectivity index (χ1n) is 5.38. The summed E-state index contributed by atoms with van der Waals surface area (Å²) in [6, 6.07) is 5.58. The molecule has 0 aliphatic carbocycles. The van der Waals surface area contributed by atoms with Gasteiger partial charge in [-0.05, 0) is 18.2 Å². The molecule has 0 unspecified atom stereocenters. The third-order valence-electron chi connectivity index (χ3n) is 2.61. The van der Waals surface area contributed by atoms with Crippen LogP contribution in [-0.2, 0) is 6.54 Å². The molecule has 90 valence electrons. The number of hydrogen-bond donors (Lipinski definition) is 2. The van der Waals surface area contributed by atoms with E-state index in [9.17, 15) is 0 Å². The van der Waals surface area contributed by atoms with Crippen LogP contribution in [0.3, 0.4) is 0 Å². The lowest BCUT2D eigenvalue weighted by Crippen LogP contribution is -2.05. The van der Waals surface area contributed by atoms with Gasteiger partial charge in [0.25, 0.3) is 0 Å². The van der Waals surface area contributed by atoms with E-state index in [4.69, 9.17) is 11.5 Å². The molecule has 3 aromatic rings. The van der Waals surface area contributed by atoms with Gasteiger partial charge in [0.1, 0.15) is 5.52 Å². The molecule has 0 saturated heterocycles. The Balaban J connectivity index is 2.08. The summed E-state index contributed by atoms with van der Waals surface area (Å²) in [5.74, 6) is 0.545. The Kier molecular flexibility index (Phi) is 2.30. The summed E-state index contributed by atoms with van der Waals surface area (Å²) < 4.78 is 1.92. The molecule has 4 N–H and O–H groups in total. The van der Waals surface area contributed by atoms with Gasteiger partial charge >= 0.3 is 0 Å². The zero-order valence-corrected chi connectivity index (χ0v) is 9.48. The number of rotatable bonds is 2. The second-order valence-electron chi connectivity index (χ2n) is 3.86. The van der Waals surface area contributed by atoms with Gasteiger partial charge < -0.3 is 16.0 Å². The van der Waals surface area contributed by atoms with Gasteiger partial charge in [0.15, 0.2) is 5.82 Å². The molecule has 0 aromatic carbocycles. The average molecular weight is 241 g/mol. The van der Waals surface area contributed by atoms with Crippen molar-refractivity contribution in [2.75, 3.05) is 11.5 Å². The topological polar surface area (TPSA) is 109 Å². The molecule has 0 spiro atoms. The smallest absolute Gasteiger partial charge is 0.222 e. The molecule has 0 saturated carbocycles. The van der Waals surface area contributed by atoms with Crippen LogP contribution >= 0.6 is 0 Å². The average Bonchev–Trinajstić information content (AvgIpc) is 2.73.